The van der Waals surface area contributed by atoms with Gasteiger partial charge in [0.25, 0.3) is 11.8 Å². The number of nitriles is 1. The Labute approximate surface area is 449 Å². The van der Waals surface area contributed by atoms with Crippen LogP contribution in [-0.2, 0) is 50.8 Å². The zero-order valence-electron chi connectivity index (χ0n) is 45.3. The van der Waals surface area contributed by atoms with Crippen molar-refractivity contribution in [2.45, 2.75) is 143 Å². The minimum atomic E-state index is -0.970. The summed E-state index contributed by atoms with van der Waals surface area (Å²) >= 11 is 0. The summed E-state index contributed by atoms with van der Waals surface area (Å²) < 4.78 is 11.8. The number of hydrogen-bond donors (Lipinski definition) is 3. The second-order valence-corrected chi connectivity index (χ2v) is 22.7. The van der Waals surface area contributed by atoms with E-state index in [1.807, 2.05) is 65.8 Å². The largest absolute Gasteiger partial charge is 0.488 e. The van der Waals surface area contributed by atoms with Gasteiger partial charge in [0.2, 0.25) is 23.6 Å². The number of β-amino-alcohol motifs (C(OH)–C–C–N with tert-alkyl or cyclic N) is 1. The van der Waals surface area contributed by atoms with E-state index in [0.29, 0.717) is 28.0 Å². The van der Waals surface area contributed by atoms with Crippen molar-refractivity contribution in [3.8, 4) is 22.9 Å². The number of nitrogens with one attached hydrogen (secondary N) is 2. The Hall–Kier alpha value is -7.84. The minimum absolute atomic E-state index is 0.0241. The van der Waals surface area contributed by atoms with Crippen LogP contribution >= 0.6 is 0 Å². The molecule has 9 rings (SSSR count). The van der Waals surface area contributed by atoms with Crippen LogP contribution in [0.25, 0.3) is 11.1 Å². The highest BCUT2D eigenvalue weighted by Gasteiger charge is 2.49. The van der Waals surface area contributed by atoms with Crippen molar-refractivity contribution >= 4 is 35.4 Å². The number of nitrogens with zero attached hydrogens (tertiary/aromatic N) is 6. The lowest BCUT2D eigenvalue weighted by Gasteiger charge is -2.35. The molecule has 4 aliphatic rings. The zero-order valence-corrected chi connectivity index (χ0v) is 45.3. The molecule has 6 unspecified atom stereocenters. The maximum atomic E-state index is 14.9. The Morgan fingerprint density at radius 1 is 0.753 bits per heavy atom. The number of benzene rings is 4. The molecular weight excluding hydrogens is 977 g/mol. The first kappa shape index (κ1) is 54.0. The van der Waals surface area contributed by atoms with E-state index in [4.69, 9.17) is 9.26 Å². The fourth-order valence-corrected chi connectivity index (χ4v) is 11.6. The summed E-state index contributed by atoms with van der Waals surface area (Å²) in [4.78, 5) is 92.4. The topological polar surface area (TPSA) is 219 Å². The molecular formula is C60H68N8O9. The van der Waals surface area contributed by atoms with Gasteiger partial charge in [-0.15, -0.1) is 0 Å². The van der Waals surface area contributed by atoms with Crippen LogP contribution in [0.3, 0.4) is 0 Å². The zero-order chi connectivity index (χ0) is 55.2. The van der Waals surface area contributed by atoms with Gasteiger partial charge in [0, 0.05) is 62.3 Å². The minimum Gasteiger partial charge on any atom is -0.488 e. The first-order valence-electron chi connectivity index (χ1n) is 26.5. The molecule has 5 heterocycles. The molecule has 2 fully saturated rings. The first-order valence-corrected chi connectivity index (χ1v) is 26.5. The molecule has 1 aromatic heterocycles. The van der Waals surface area contributed by atoms with E-state index >= 15 is 0 Å². The fraction of sp³-hybridized carbons (Fsp3) is 0.433. The average Bonchev–Trinajstić information content (AvgIpc) is 4.26. The molecule has 0 radical (unpaired) electrons. The van der Waals surface area contributed by atoms with Crippen LogP contribution in [0.2, 0.25) is 0 Å². The van der Waals surface area contributed by atoms with Gasteiger partial charge in [-0.25, -0.2) is 0 Å². The number of carbonyl (C=O) groups excluding carboxylic acids is 6. The van der Waals surface area contributed by atoms with Crippen LogP contribution < -0.4 is 15.4 Å². The lowest BCUT2D eigenvalue weighted by atomic mass is 9.82. The molecule has 17 nitrogen and oxygen atoms in total. The van der Waals surface area contributed by atoms with Crippen molar-refractivity contribution in [1.82, 2.24) is 35.4 Å². The first-order chi connectivity index (χ1) is 36.6. The normalized spacial score (nSPS) is 19.9. The number of ether oxygens (including phenoxy) is 1. The lowest BCUT2D eigenvalue weighted by Crippen LogP contribution is -2.55. The summed E-state index contributed by atoms with van der Waals surface area (Å²) in [6.07, 6.45) is 0.146. The summed E-state index contributed by atoms with van der Waals surface area (Å²) in [6.45, 7) is 18.2. The van der Waals surface area contributed by atoms with Crippen LogP contribution in [0.5, 0.6) is 5.75 Å². The van der Waals surface area contributed by atoms with Gasteiger partial charge >= 0.3 is 0 Å². The third kappa shape index (κ3) is 10.8. The Balaban J connectivity index is 0.902. The average molecular weight is 1050 g/mol. The van der Waals surface area contributed by atoms with Gasteiger partial charge in [0.1, 0.15) is 42.3 Å². The van der Waals surface area contributed by atoms with E-state index in [1.165, 1.54) is 14.7 Å². The molecule has 4 aromatic carbocycles. The van der Waals surface area contributed by atoms with Crippen LogP contribution in [0.4, 0.5) is 0 Å². The summed E-state index contributed by atoms with van der Waals surface area (Å²) in [6, 6.07) is 22.0. The summed E-state index contributed by atoms with van der Waals surface area (Å²) in [5, 5.41) is 30.4. The van der Waals surface area contributed by atoms with E-state index in [0.717, 1.165) is 44.6 Å². The van der Waals surface area contributed by atoms with Crippen molar-refractivity contribution < 1.29 is 43.1 Å². The van der Waals surface area contributed by atoms with Crippen molar-refractivity contribution in [3.63, 3.8) is 0 Å². The number of aliphatic hydroxyl groups excluding tert-OH is 1. The van der Waals surface area contributed by atoms with E-state index in [1.54, 1.807) is 59.7 Å². The van der Waals surface area contributed by atoms with Crippen LogP contribution in [0.1, 0.15) is 127 Å². The van der Waals surface area contributed by atoms with Crippen molar-refractivity contribution in [3.05, 3.63) is 141 Å². The molecule has 0 aliphatic carbocycles. The number of amides is 6. The SMILES string of the molecule is Cc1cc(C#N)ccc1CNC(=O)C1CC(Oc2ccc3c(c2)C(=O)N(C(C(=O)N2CC(O)CC2C(=O)NCc2ccc(-c4conc4C)cc2C(C)(C)C)C(C)C)C3)CN1C(=O)C(C(C)C)N1Cc2ccccc2C1=O. The molecule has 402 valence electrons. The summed E-state index contributed by atoms with van der Waals surface area (Å²) in [7, 11) is 0. The van der Waals surface area contributed by atoms with E-state index < -0.39 is 60.0 Å². The number of likely N-dealkylation sites (tertiary alicyclic amines) is 2. The quantitative estimate of drug-likeness (QED) is 0.0998. The Morgan fingerprint density at radius 3 is 1.95 bits per heavy atom. The van der Waals surface area contributed by atoms with Gasteiger partial charge in [0.15, 0.2) is 0 Å². The highest BCUT2D eigenvalue weighted by molar-refractivity contribution is 6.03. The second kappa shape index (κ2) is 21.7. The highest BCUT2D eigenvalue weighted by atomic mass is 16.5. The number of carbonyl (C=O) groups is 6. The molecule has 6 amide bonds. The monoisotopic (exact) mass is 1040 g/mol. The number of aryl methyl sites for hydroxylation is 2. The molecule has 0 saturated carbocycles. The predicted octanol–water partition coefficient (Wildman–Crippen LogP) is 6.73. The highest BCUT2D eigenvalue weighted by Crippen LogP contribution is 2.36. The third-order valence-corrected chi connectivity index (χ3v) is 15.6. The second-order valence-electron chi connectivity index (χ2n) is 22.7. The summed E-state index contributed by atoms with van der Waals surface area (Å²) in [5.41, 5.74) is 8.75. The van der Waals surface area contributed by atoms with Gasteiger partial charge in [-0.2, -0.15) is 5.26 Å². The lowest BCUT2D eigenvalue weighted by molar-refractivity contribution is -0.143. The van der Waals surface area contributed by atoms with Gasteiger partial charge in [0.05, 0.1) is 30.0 Å². The Bertz CT molecular complexity index is 3190. The van der Waals surface area contributed by atoms with Crippen molar-refractivity contribution in [1.29, 1.82) is 5.26 Å². The number of aliphatic hydroxyl groups is 1. The number of rotatable bonds is 15. The van der Waals surface area contributed by atoms with Crippen LogP contribution in [-0.4, -0.2) is 115 Å². The van der Waals surface area contributed by atoms with Crippen LogP contribution in [0, 0.1) is 37.0 Å². The standard InChI is InChI=1S/C60H68N8O9/c1-33(2)52(58(74)65-30-43(69)22-50(65)54(70)63-27-40-17-16-38(21-49(40)60(7,8)9)48-32-76-64-36(48)6)68-29-42-18-19-44(23-47(42)57(68)73)77-45-24-51(55(71)62-26-39-15-14-37(25-61)20-35(39)5)66(31-45)59(75)53(34(3)4)67-28-41-12-10-11-13-46(41)56(67)72/h10-21,23,32-34,43,45,50-53,69H,22,24,26-31H2,1-9H3,(H,62,71)(H,63,70). The smallest absolute Gasteiger partial charge is 0.255 e. The van der Waals surface area contributed by atoms with Crippen molar-refractivity contribution in [2.24, 2.45) is 11.8 Å². The predicted molar refractivity (Wildman–Crippen MR) is 286 cm³/mol. The molecule has 4 aliphatic heterocycles. The van der Waals surface area contributed by atoms with Crippen molar-refractivity contribution in [2.75, 3.05) is 13.1 Å². The molecule has 2 saturated heterocycles. The van der Waals surface area contributed by atoms with Gasteiger partial charge < -0.3 is 44.6 Å². The van der Waals surface area contributed by atoms with Crippen LogP contribution in [0.15, 0.2) is 89.6 Å². The summed E-state index contributed by atoms with van der Waals surface area (Å²) in [5.74, 6) is -2.61. The Morgan fingerprint density at radius 2 is 1.35 bits per heavy atom. The van der Waals surface area contributed by atoms with Gasteiger partial charge in [-0.1, -0.05) is 102 Å². The Kier molecular flexibility index (Phi) is 15.2. The third-order valence-electron chi connectivity index (χ3n) is 15.6. The van der Waals surface area contributed by atoms with E-state index in [9.17, 15) is 39.1 Å². The molecule has 3 N–H and O–H groups in total. The molecule has 0 bridgehead atoms. The number of aromatic nitrogens is 1. The van der Waals surface area contributed by atoms with E-state index in [2.05, 4.69) is 48.7 Å². The van der Waals surface area contributed by atoms with Gasteiger partial charge in [-0.3, -0.25) is 28.8 Å². The molecule has 77 heavy (non-hydrogen) atoms. The number of hydrogen-bond acceptors (Lipinski definition) is 11. The maximum Gasteiger partial charge on any atom is 0.255 e. The maximum absolute atomic E-state index is 14.9. The fourth-order valence-electron chi connectivity index (χ4n) is 11.6. The number of fused-ring (bicyclic) bond motifs is 2. The molecule has 17 heteroatoms. The molecule has 6 atom stereocenters. The molecule has 0 spiro atoms. The van der Waals surface area contributed by atoms with Gasteiger partial charge in [-0.05, 0) is 100 Å². The van der Waals surface area contributed by atoms with E-state index in [-0.39, 0.29) is 81.2 Å². The molecule has 5 aromatic rings.